The van der Waals surface area contributed by atoms with Crippen LogP contribution in [0.1, 0.15) is 91.4 Å². The Balaban J connectivity index is 1.27. The highest BCUT2D eigenvalue weighted by molar-refractivity contribution is 5.91. The lowest BCUT2D eigenvalue weighted by molar-refractivity contribution is -0.0852. The molecule has 0 N–H and O–H groups in total. The highest BCUT2D eigenvalue weighted by atomic mass is 16.5. The van der Waals surface area contributed by atoms with Gasteiger partial charge in [-0.1, -0.05) is 77.9 Å². The lowest BCUT2D eigenvalue weighted by Crippen LogP contribution is -2.36. The first-order valence-corrected chi connectivity index (χ1v) is 13.8. The highest BCUT2D eigenvalue weighted by Crippen LogP contribution is 2.55. The molecule has 0 aromatic heterocycles. The van der Waals surface area contributed by atoms with Crippen molar-refractivity contribution < 1.29 is 9.47 Å². The summed E-state index contributed by atoms with van der Waals surface area (Å²) in [7, 11) is 0. The predicted molar refractivity (Wildman–Crippen MR) is 142 cm³/mol. The first kappa shape index (κ1) is 24.3. The summed E-state index contributed by atoms with van der Waals surface area (Å²) in [5, 5.41) is 2.79. The summed E-state index contributed by atoms with van der Waals surface area (Å²) in [5.41, 5.74) is 3.20. The maximum Gasteiger partial charge on any atom is 0.0875 e. The molecule has 0 amide bonds. The summed E-state index contributed by atoms with van der Waals surface area (Å²) in [6.45, 7) is 17.2. The zero-order valence-corrected chi connectivity index (χ0v) is 22.6. The minimum atomic E-state index is 0.136. The molecule has 0 aliphatic heterocycles. The van der Waals surface area contributed by atoms with Gasteiger partial charge in [-0.2, -0.15) is 0 Å². The van der Waals surface area contributed by atoms with Crippen molar-refractivity contribution in [3.05, 3.63) is 47.5 Å². The number of benzene rings is 2. The molecular weight excluding hydrogens is 416 g/mol. The van der Waals surface area contributed by atoms with Crippen LogP contribution in [0.2, 0.25) is 0 Å². The summed E-state index contributed by atoms with van der Waals surface area (Å²) in [5.74, 6) is 3.23. The second-order valence-electron chi connectivity index (χ2n) is 13.9. The van der Waals surface area contributed by atoms with Crippen LogP contribution < -0.4 is 0 Å². The number of rotatable bonds is 7. The molecule has 2 heteroatoms. The molecule has 34 heavy (non-hydrogen) atoms. The number of hydrogen-bond acceptors (Lipinski definition) is 2. The van der Waals surface area contributed by atoms with E-state index in [1.165, 1.54) is 47.6 Å². The van der Waals surface area contributed by atoms with Gasteiger partial charge in [-0.15, -0.1) is 0 Å². The van der Waals surface area contributed by atoms with E-state index >= 15 is 0 Å². The van der Waals surface area contributed by atoms with Crippen molar-refractivity contribution in [1.29, 1.82) is 0 Å². The third kappa shape index (κ3) is 4.70. The van der Waals surface area contributed by atoms with E-state index in [1.807, 2.05) is 0 Å². The normalized spacial score (nSPS) is 30.3. The van der Waals surface area contributed by atoms with E-state index in [-0.39, 0.29) is 23.0 Å². The lowest BCUT2D eigenvalue weighted by Gasteiger charge is -2.39. The van der Waals surface area contributed by atoms with Crippen LogP contribution in [0.15, 0.2) is 36.4 Å². The standard InChI is InChI=1S/C32H46O2/c1-20(31(2,3)4)33-19-25-15-21-14-24(27(25)16-21)18-29(32(5,6)7)34-28-17-23-12-8-10-22-11-9-13-26(28)30(22)23/h8-13,20-21,24-25,27-29H,14-19H2,1-7H3. The molecule has 2 fully saturated rings. The fourth-order valence-corrected chi connectivity index (χ4v) is 7.04. The molecule has 186 valence electrons. The molecule has 0 radical (unpaired) electrons. The fraction of sp³-hybridized carbons (Fsp3) is 0.688. The van der Waals surface area contributed by atoms with Crippen molar-refractivity contribution in [2.75, 3.05) is 6.61 Å². The first-order valence-electron chi connectivity index (χ1n) is 13.8. The van der Waals surface area contributed by atoms with Crippen LogP contribution in [0.25, 0.3) is 10.8 Å². The van der Waals surface area contributed by atoms with Gasteiger partial charge in [-0.25, -0.2) is 0 Å². The van der Waals surface area contributed by atoms with Gasteiger partial charge in [0.1, 0.15) is 0 Å². The third-order valence-corrected chi connectivity index (χ3v) is 9.46. The quantitative estimate of drug-likeness (QED) is 0.411. The minimum absolute atomic E-state index is 0.136. The zero-order valence-electron chi connectivity index (χ0n) is 22.6. The van der Waals surface area contributed by atoms with Crippen molar-refractivity contribution in [3.63, 3.8) is 0 Å². The van der Waals surface area contributed by atoms with Crippen molar-refractivity contribution in [2.24, 2.45) is 34.5 Å². The van der Waals surface area contributed by atoms with Crippen molar-refractivity contribution >= 4 is 10.8 Å². The molecule has 2 aromatic carbocycles. The molecule has 2 bridgehead atoms. The molecular formula is C32H46O2. The predicted octanol–water partition coefficient (Wildman–Crippen LogP) is 8.37. The molecule has 0 saturated heterocycles. The molecule has 2 saturated carbocycles. The van der Waals surface area contributed by atoms with E-state index in [0.717, 1.165) is 36.7 Å². The molecule has 7 unspecified atom stereocenters. The van der Waals surface area contributed by atoms with E-state index in [0.29, 0.717) is 6.10 Å². The minimum Gasteiger partial charge on any atom is -0.378 e. The Morgan fingerprint density at radius 2 is 1.59 bits per heavy atom. The van der Waals surface area contributed by atoms with Gasteiger partial charge in [0.25, 0.3) is 0 Å². The van der Waals surface area contributed by atoms with E-state index < -0.39 is 0 Å². The van der Waals surface area contributed by atoms with Gasteiger partial charge in [0.15, 0.2) is 0 Å². The number of fused-ring (bicyclic) bond motifs is 2. The monoisotopic (exact) mass is 462 g/mol. The van der Waals surface area contributed by atoms with Crippen LogP contribution in [-0.2, 0) is 15.9 Å². The summed E-state index contributed by atoms with van der Waals surface area (Å²) in [6, 6.07) is 13.5. The molecule has 7 atom stereocenters. The number of ether oxygens (including phenoxy) is 2. The van der Waals surface area contributed by atoms with Crippen LogP contribution in [0.5, 0.6) is 0 Å². The smallest absolute Gasteiger partial charge is 0.0875 e. The van der Waals surface area contributed by atoms with E-state index in [2.05, 4.69) is 84.9 Å². The lowest BCUT2D eigenvalue weighted by atomic mass is 9.74. The topological polar surface area (TPSA) is 18.5 Å². The van der Waals surface area contributed by atoms with Gasteiger partial charge in [0.05, 0.1) is 24.9 Å². The maximum atomic E-state index is 7.07. The van der Waals surface area contributed by atoms with Gasteiger partial charge in [0.2, 0.25) is 0 Å². The highest BCUT2D eigenvalue weighted by Gasteiger charge is 2.48. The second-order valence-corrected chi connectivity index (χ2v) is 13.9. The molecule has 2 aromatic rings. The average molecular weight is 463 g/mol. The summed E-state index contributed by atoms with van der Waals surface area (Å²) < 4.78 is 13.5. The Morgan fingerprint density at radius 1 is 0.882 bits per heavy atom. The fourth-order valence-electron chi connectivity index (χ4n) is 7.04. The van der Waals surface area contributed by atoms with Gasteiger partial charge >= 0.3 is 0 Å². The molecule has 5 rings (SSSR count). The maximum absolute atomic E-state index is 7.07. The Labute approximate surface area is 207 Å². The van der Waals surface area contributed by atoms with Gasteiger partial charge in [-0.05, 0) is 89.0 Å². The van der Waals surface area contributed by atoms with Crippen LogP contribution in [0, 0.1) is 34.5 Å². The third-order valence-electron chi connectivity index (χ3n) is 9.46. The van der Waals surface area contributed by atoms with Crippen molar-refractivity contribution in [1.82, 2.24) is 0 Å². The van der Waals surface area contributed by atoms with Gasteiger partial charge in [0, 0.05) is 6.42 Å². The molecule has 3 aliphatic carbocycles. The molecule has 3 aliphatic rings. The largest absolute Gasteiger partial charge is 0.378 e. The average Bonchev–Trinajstić information content (AvgIpc) is 3.44. The summed E-state index contributed by atoms with van der Waals surface area (Å²) in [4.78, 5) is 0. The van der Waals surface area contributed by atoms with Crippen LogP contribution in [0.4, 0.5) is 0 Å². The van der Waals surface area contributed by atoms with Crippen molar-refractivity contribution in [3.8, 4) is 0 Å². The SMILES string of the molecule is CC(OCC1CC2CC(CC(OC3Cc4cccc5cccc3c45)C(C)(C)C)C1C2)C(C)(C)C. The summed E-state index contributed by atoms with van der Waals surface area (Å²) in [6.07, 6.45) is 7.17. The first-order chi connectivity index (χ1) is 16.0. The Morgan fingerprint density at radius 3 is 2.26 bits per heavy atom. The zero-order chi connectivity index (χ0) is 24.3. The molecule has 0 spiro atoms. The van der Waals surface area contributed by atoms with E-state index in [4.69, 9.17) is 9.47 Å². The second kappa shape index (κ2) is 8.93. The van der Waals surface area contributed by atoms with E-state index in [1.54, 1.807) is 0 Å². The van der Waals surface area contributed by atoms with Crippen molar-refractivity contribution in [2.45, 2.75) is 98.9 Å². The van der Waals surface area contributed by atoms with E-state index in [9.17, 15) is 0 Å². The Kier molecular flexibility index (Phi) is 6.39. The number of hydrogen-bond donors (Lipinski definition) is 0. The van der Waals surface area contributed by atoms with Crippen LogP contribution in [0.3, 0.4) is 0 Å². The molecule has 2 nitrogen and oxygen atoms in total. The Bertz CT molecular complexity index is 1000. The van der Waals surface area contributed by atoms with Gasteiger partial charge in [-0.3, -0.25) is 0 Å². The van der Waals surface area contributed by atoms with Crippen LogP contribution in [-0.4, -0.2) is 18.8 Å². The van der Waals surface area contributed by atoms with Gasteiger partial charge < -0.3 is 9.47 Å². The Hall–Kier alpha value is -1.38. The molecule has 0 heterocycles. The summed E-state index contributed by atoms with van der Waals surface area (Å²) >= 11 is 0. The van der Waals surface area contributed by atoms with Crippen LogP contribution >= 0.6 is 0 Å².